The molecule has 36 heavy (non-hydrogen) atoms. The lowest BCUT2D eigenvalue weighted by Crippen LogP contribution is -2.54. The highest BCUT2D eigenvalue weighted by Crippen LogP contribution is 2.28. The molecule has 0 saturated carbocycles. The first-order valence-corrected chi connectivity index (χ1v) is 12.8. The maximum atomic E-state index is 12.0. The molecule has 0 bridgehead atoms. The fourth-order valence-electron chi connectivity index (χ4n) is 4.87. The molecule has 192 valence electrons. The van der Waals surface area contributed by atoms with E-state index in [2.05, 4.69) is 28.6 Å². The number of carbonyl (C=O) groups is 1. The Labute approximate surface area is 217 Å². The third-order valence-corrected chi connectivity index (χ3v) is 7.29. The van der Waals surface area contributed by atoms with Crippen LogP contribution in [0.15, 0.2) is 61.1 Å². The van der Waals surface area contributed by atoms with E-state index < -0.39 is 6.10 Å². The van der Waals surface area contributed by atoms with Crippen LogP contribution in [0.5, 0.6) is 0 Å². The van der Waals surface area contributed by atoms with E-state index in [0.29, 0.717) is 24.4 Å². The summed E-state index contributed by atoms with van der Waals surface area (Å²) in [7, 11) is 0. The zero-order valence-electron chi connectivity index (χ0n) is 20.9. The number of hydrogen-bond acceptors (Lipinski definition) is 6. The van der Waals surface area contributed by atoms with Gasteiger partial charge in [0.15, 0.2) is 0 Å². The number of carbonyl (C=O) groups excluding carboxylic acids is 1. The largest absolute Gasteiger partial charge is 0.392 e. The van der Waals surface area contributed by atoms with E-state index >= 15 is 0 Å². The molecule has 3 N–H and O–H groups in total. The summed E-state index contributed by atoms with van der Waals surface area (Å²) in [5, 5.41) is 16.1. The number of piperazine rings is 1. The molecule has 2 aromatic heterocycles. The molecule has 0 radical (unpaired) electrons. The minimum atomic E-state index is -0.604. The Bertz CT molecular complexity index is 1140. The van der Waals surface area contributed by atoms with Gasteiger partial charge in [0.05, 0.1) is 34.2 Å². The van der Waals surface area contributed by atoms with Gasteiger partial charge >= 0.3 is 0 Å². The summed E-state index contributed by atoms with van der Waals surface area (Å²) in [6.45, 7) is 8.27. The highest BCUT2D eigenvalue weighted by Gasteiger charge is 2.34. The lowest BCUT2D eigenvalue weighted by molar-refractivity contribution is -0.122. The number of aromatic nitrogens is 3. The number of aliphatic hydroxyl groups is 1. The molecule has 1 unspecified atom stereocenters. The van der Waals surface area contributed by atoms with Gasteiger partial charge in [0.1, 0.15) is 0 Å². The quantitative estimate of drug-likeness (QED) is 0.435. The molecule has 1 amide bonds. The molecule has 1 fully saturated rings. The van der Waals surface area contributed by atoms with Crippen LogP contribution in [-0.2, 0) is 16.8 Å². The van der Waals surface area contributed by atoms with Crippen molar-refractivity contribution in [1.82, 2.24) is 24.6 Å². The Hall–Kier alpha value is -2.78. The number of pyridine rings is 1. The second kappa shape index (κ2) is 11.5. The highest BCUT2D eigenvalue weighted by atomic mass is 35.5. The van der Waals surface area contributed by atoms with Crippen LogP contribution in [0.2, 0.25) is 5.02 Å². The molecule has 8 nitrogen and oxygen atoms in total. The van der Waals surface area contributed by atoms with Gasteiger partial charge < -0.3 is 10.8 Å². The number of aliphatic hydroxyl groups excluding tert-OH is 1. The predicted molar refractivity (Wildman–Crippen MR) is 141 cm³/mol. The zero-order chi connectivity index (χ0) is 25.7. The summed E-state index contributed by atoms with van der Waals surface area (Å²) in [6.07, 6.45) is 5.59. The summed E-state index contributed by atoms with van der Waals surface area (Å²) < 4.78 is 1.80. The maximum Gasteiger partial charge on any atom is 0.220 e. The van der Waals surface area contributed by atoms with Crippen LogP contribution in [0.3, 0.4) is 0 Å². The number of benzene rings is 1. The molecule has 9 heteroatoms. The van der Waals surface area contributed by atoms with Crippen LogP contribution in [0, 0.1) is 5.92 Å². The molecule has 0 spiro atoms. The van der Waals surface area contributed by atoms with Crippen molar-refractivity contribution < 1.29 is 9.90 Å². The van der Waals surface area contributed by atoms with Crippen molar-refractivity contribution >= 4 is 17.5 Å². The van der Waals surface area contributed by atoms with E-state index in [4.69, 9.17) is 22.4 Å². The van der Waals surface area contributed by atoms with Gasteiger partial charge in [-0.1, -0.05) is 41.9 Å². The summed E-state index contributed by atoms with van der Waals surface area (Å²) in [4.78, 5) is 20.8. The lowest BCUT2D eigenvalue weighted by Gasteiger charge is -2.43. The Morgan fingerprint density at radius 2 is 1.86 bits per heavy atom. The van der Waals surface area contributed by atoms with Crippen molar-refractivity contribution in [2.75, 3.05) is 32.7 Å². The maximum absolute atomic E-state index is 12.0. The first-order valence-electron chi connectivity index (χ1n) is 12.4. The Balaban J connectivity index is 1.30. The lowest BCUT2D eigenvalue weighted by atomic mass is 9.92. The number of amides is 1. The van der Waals surface area contributed by atoms with Crippen molar-refractivity contribution in [2.45, 2.75) is 38.3 Å². The Kier molecular flexibility index (Phi) is 8.41. The summed E-state index contributed by atoms with van der Waals surface area (Å²) in [5.74, 6) is -0.745. The van der Waals surface area contributed by atoms with Crippen LogP contribution < -0.4 is 5.73 Å². The number of nitrogens with two attached hydrogens (primary N) is 1. The molecule has 4 rings (SSSR count). The first-order chi connectivity index (χ1) is 17.2. The van der Waals surface area contributed by atoms with Crippen LogP contribution in [-0.4, -0.2) is 74.4 Å². The molecule has 0 aliphatic carbocycles. The van der Waals surface area contributed by atoms with E-state index in [-0.39, 0.29) is 17.4 Å². The molecule has 1 aromatic carbocycles. The normalized spacial score (nSPS) is 17.1. The zero-order valence-corrected chi connectivity index (χ0v) is 21.7. The Morgan fingerprint density at radius 3 is 2.53 bits per heavy atom. The third kappa shape index (κ3) is 6.50. The van der Waals surface area contributed by atoms with Crippen LogP contribution in [0.25, 0.3) is 5.69 Å². The summed E-state index contributed by atoms with van der Waals surface area (Å²) in [5.41, 5.74) is 8.24. The van der Waals surface area contributed by atoms with Crippen molar-refractivity contribution in [1.29, 1.82) is 0 Å². The number of hydrogen-bond donors (Lipinski definition) is 2. The predicted octanol–water partition coefficient (Wildman–Crippen LogP) is 2.87. The van der Waals surface area contributed by atoms with E-state index in [1.165, 1.54) is 0 Å². The van der Waals surface area contributed by atoms with Crippen molar-refractivity contribution in [3.05, 3.63) is 77.3 Å². The second-order valence-electron chi connectivity index (χ2n) is 10.0. The molecule has 1 aliphatic rings. The molecule has 1 aliphatic heterocycles. The third-order valence-electron chi connectivity index (χ3n) is 7.09. The molecule has 3 heterocycles. The number of rotatable bonds is 10. The van der Waals surface area contributed by atoms with Crippen molar-refractivity contribution in [2.24, 2.45) is 11.7 Å². The molecular formula is C27H35ClN6O2. The molecule has 2 atom stereocenters. The number of nitrogens with zero attached hydrogens (tertiary/aromatic N) is 5. The summed E-state index contributed by atoms with van der Waals surface area (Å²) in [6, 6.07) is 13.7. The second-order valence-corrected chi connectivity index (χ2v) is 10.5. The van der Waals surface area contributed by atoms with Crippen molar-refractivity contribution in [3.63, 3.8) is 0 Å². The van der Waals surface area contributed by atoms with Crippen LogP contribution in [0.4, 0.5) is 0 Å². The van der Waals surface area contributed by atoms with Crippen LogP contribution >= 0.6 is 11.6 Å². The van der Waals surface area contributed by atoms with E-state index in [1.54, 1.807) is 17.1 Å². The molecular weight excluding hydrogens is 476 g/mol. The SMILES string of the molecule is CC(C)(c1ccn(-c2cncc(Cl)c2)n1)N1CCN(CC(O)C[C@@H](Cc2ccccc2)C(N)=O)CC1. The van der Waals surface area contributed by atoms with Gasteiger partial charge in [0.25, 0.3) is 0 Å². The number of primary amides is 1. The number of β-amino-alcohol motifs (C(OH)–C–C–N with tert-alkyl or cyclic N) is 1. The standard InChI is InChI=1S/C27H35ClN6O2/c1-27(2,25-8-9-34(31-25)23-16-22(28)17-30-18-23)33-12-10-32(11-13-33)19-24(35)15-21(26(29)36)14-20-6-4-3-5-7-20/h3-9,16-18,21,24,35H,10-15,19H2,1-2H3,(H2,29,36)/t21-,24?/m1/s1. The number of halogens is 1. The average molecular weight is 511 g/mol. The minimum Gasteiger partial charge on any atom is -0.392 e. The smallest absolute Gasteiger partial charge is 0.220 e. The van der Waals surface area contributed by atoms with Gasteiger partial charge in [-0.25, -0.2) is 4.68 Å². The van der Waals surface area contributed by atoms with Crippen LogP contribution in [0.1, 0.15) is 31.5 Å². The topological polar surface area (TPSA) is 101 Å². The average Bonchev–Trinajstić information content (AvgIpc) is 3.36. The Morgan fingerprint density at radius 1 is 1.14 bits per heavy atom. The monoisotopic (exact) mass is 510 g/mol. The van der Waals surface area contributed by atoms with Gasteiger partial charge in [-0.2, -0.15) is 5.10 Å². The van der Waals surface area contributed by atoms with Gasteiger partial charge in [-0.05, 0) is 44.4 Å². The fourth-order valence-corrected chi connectivity index (χ4v) is 5.04. The van der Waals surface area contributed by atoms with E-state index in [1.807, 2.05) is 48.7 Å². The van der Waals surface area contributed by atoms with E-state index in [9.17, 15) is 9.90 Å². The minimum absolute atomic E-state index is 0.255. The highest BCUT2D eigenvalue weighted by molar-refractivity contribution is 6.30. The van der Waals surface area contributed by atoms with E-state index in [0.717, 1.165) is 43.1 Å². The van der Waals surface area contributed by atoms with Crippen molar-refractivity contribution in [3.8, 4) is 5.69 Å². The van der Waals surface area contributed by atoms with Gasteiger partial charge in [0, 0.05) is 51.0 Å². The first kappa shape index (κ1) is 26.3. The van der Waals surface area contributed by atoms with Gasteiger partial charge in [-0.15, -0.1) is 0 Å². The molecule has 1 saturated heterocycles. The fraction of sp³-hybridized carbons (Fsp3) is 0.444. The molecule has 3 aromatic rings. The van der Waals surface area contributed by atoms with Gasteiger partial charge in [0.2, 0.25) is 5.91 Å². The van der Waals surface area contributed by atoms with Gasteiger partial charge in [-0.3, -0.25) is 19.6 Å². The summed E-state index contributed by atoms with van der Waals surface area (Å²) >= 11 is 6.09.